The molecule has 7 heteroatoms. The molecule has 0 unspecified atom stereocenters. The third-order valence-electron chi connectivity index (χ3n) is 8.47. The largest absolute Gasteiger partial charge is 0.481 e. The highest BCUT2D eigenvalue weighted by molar-refractivity contribution is 5.83. The lowest BCUT2D eigenvalue weighted by atomic mass is 9.79. The van der Waals surface area contributed by atoms with Crippen molar-refractivity contribution in [1.29, 1.82) is 0 Å². The predicted octanol–water partition coefficient (Wildman–Crippen LogP) is 5.49. The molecule has 1 N–H and O–H groups in total. The Morgan fingerprint density at radius 2 is 1.79 bits per heavy atom. The van der Waals surface area contributed by atoms with Crippen LogP contribution >= 0.6 is 0 Å². The number of benzene rings is 1. The number of rotatable bonds is 5. The molecule has 34 heavy (non-hydrogen) atoms. The molecule has 3 aliphatic rings. The van der Waals surface area contributed by atoms with E-state index in [1.807, 2.05) is 0 Å². The molecule has 1 aromatic carbocycles. The minimum absolute atomic E-state index is 0.232. The van der Waals surface area contributed by atoms with E-state index in [2.05, 4.69) is 16.7 Å². The van der Waals surface area contributed by atoms with Crippen LogP contribution in [0.2, 0.25) is 0 Å². The Morgan fingerprint density at radius 1 is 1.09 bits per heavy atom. The second-order valence-electron chi connectivity index (χ2n) is 10.5. The van der Waals surface area contributed by atoms with E-state index in [0.29, 0.717) is 25.6 Å². The first-order chi connectivity index (χ1) is 16.6. The summed E-state index contributed by atoms with van der Waals surface area (Å²) in [6, 6.07) is 4.30. The van der Waals surface area contributed by atoms with E-state index < -0.39 is 5.97 Å². The van der Waals surface area contributed by atoms with Gasteiger partial charge < -0.3 is 19.3 Å². The van der Waals surface area contributed by atoms with Crippen molar-refractivity contribution in [2.75, 3.05) is 13.7 Å². The average molecular weight is 468 g/mol. The van der Waals surface area contributed by atoms with Crippen molar-refractivity contribution in [2.45, 2.75) is 89.6 Å². The maximum atomic E-state index is 12.4. The van der Waals surface area contributed by atoms with Gasteiger partial charge in [0.25, 0.3) is 0 Å². The molecule has 184 valence electrons. The minimum Gasteiger partial charge on any atom is -0.481 e. The summed E-state index contributed by atoms with van der Waals surface area (Å²) in [5, 5.41) is 10.2. The molecule has 0 bridgehead atoms. The topological polar surface area (TPSA) is 84.7 Å². The van der Waals surface area contributed by atoms with Crippen LogP contribution in [0.5, 0.6) is 0 Å². The zero-order valence-corrected chi connectivity index (χ0v) is 20.3. The number of hydrogen-bond acceptors (Lipinski definition) is 4. The molecule has 1 aliphatic heterocycles. The summed E-state index contributed by atoms with van der Waals surface area (Å²) in [6.07, 6.45) is 11.9. The SMILES string of the molecule is COC(=O)N1CCc2ccc3c(nc(C4CCCCC4)n3C[C@H](C(=O)O)C3CCCCC3)c2C1. The first-order valence-electron chi connectivity index (χ1n) is 13.1. The van der Waals surface area contributed by atoms with Crippen LogP contribution in [0.3, 0.4) is 0 Å². The standard InChI is InChI=1S/C27H37N3O4/c1-34-27(33)29-15-14-19-12-13-23-24(21(19)16-29)28-25(20-10-6-3-7-11-20)30(23)17-22(26(31)32)18-8-4-2-5-9-18/h12-13,18,20,22H,2-11,14-17H2,1H3,(H,31,32)/t22-/m0/s1. The Morgan fingerprint density at radius 3 is 2.47 bits per heavy atom. The number of carboxylic acids is 1. The number of imidazole rings is 1. The zero-order chi connectivity index (χ0) is 23.7. The summed E-state index contributed by atoms with van der Waals surface area (Å²) in [5.41, 5.74) is 4.29. The predicted molar refractivity (Wildman–Crippen MR) is 130 cm³/mol. The zero-order valence-electron chi connectivity index (χ0n) is 20.3. The molecule has 1 atom stereocenters. The normalized spacial score (nSPS) is 20.8. The number of carbonyl (C=O) groups excluding carboxylic acids is 1. The molecule has 2 fully saturated rings. The summed E-state index contributed by atoms with van der Waals surface area (Å²) in [7, 11) is 1.42. The van der Waals surface area contributed by atoms with Crippen LogP contribution in [0.1, 0.15) is 87.1 Å². The molecular formula is C27H37N3O4. The monoisotopic (exact) mass is 467 g/mol. The summed E-state index contributed by atoms with van der Waals surface area (Å²) >= 11 is 0. The van der Waals surface area contributed by atoms with Gasteiger partial charge in [-0.2, -0.15) is 0 Å². The Balaban J connectivity index is 1.57. The van der Waals surface area contributed by atoms with Gasteiger partial charge in [-0.3, -0.25) is 4.79 Å². The van der Waals surface area contributed by atoms with E-state index in [1.54, 1.807) is 4.90 Å². The van der Waals surface area contributed by atoms with E-state index in [1.165, 1.54) is 38.4 Å². The minimum atomic E-state index is -0.682. The first-order valence-corrected chi connectivity index (χ1v) is 13.1. The van der Waals surface area contributed by atoms with Crippen LogP contribution in [-0.4, -0.2) is 45.3 Å². The van der Waals surface area contributed by atoms with Crippen LogP contribution in [-0.2, 0) is 29.0 Å². The van der Waals surface area contributed by atoms with Crippen molar-refractivity contribution >= 4 is 23.1 Å². The summed E-state index contributed by atoms with van der Waals surface area (Å²) < 4.78 is 7.23. The van der Waals surface area contributed by atoms with Gasteiger partial charge in [0, 0.05) is 24.6 Å². The van der Waals surface area contributed by atoms with Gasteiger partial charge in [-0.15, -0.1) is 0 Å². The van der Waals surface area contributed by atoms with Crippen molar-refractivity contribution in [1.82, 2.24) is 14.5 Å². The van der Waals surface area contributed by atoms with Gasteiger partial charge >= 0.3 is 12.1 Å². The number of carboxylic acid groups (broad SMARTS) is 1. The van der Waals surface area contributed by atoms with E-state index >= 15 is 0 Å². The molecule has 2 aliphatic carbocycles. The smallest absolute Gasteiger partial charge is 0.409 e. The van der Waals surface area contributed by atoms with Crippen LogP contribution in [0, 0.1) is 11.8 Å². The highest BCUT2D eigenvalue weighted by atomic mass is 16.5. The van der Waals surface area contributed by atoms with Gasteiger partial charge in [-0.1, -0.05) is 44.6 Å². The molecule has 0 spiro atoms. The third-order valence-corrected chi connectivity index (χ3v) is 8.47. The van der Waals surface area contributed by atoms with E-state index in [9.17, 15) is 14.7 Å². The number of aliphatic carboxylic acids is 1. The molecule has 7 nitrogen and oxygen atoms in total. The number of aromatic nitrogens is 2. The number of ether oxygens (including phenoxy) is 1. The molecule has 0 radical (unpaired) electrons. The number of hydrogen-bond donors (Lipinski definition) is 1. The fourth-order valence-corrected chi connectivity index (χ4v) is 6.55. The number of methoxy groups -OCH3 is 1. The molecule has 1 aromatic heterocycles. The van der Waals surface area contributed by atoms with Gasteiger partial charge in [0.05, 0.1) is 30.6 Å². The van der Waals surface area contributed by atoms with Crippen LogP contribution in [0.25, 0.3) is 11.0 Å². The average Bonchev–Trinajstić information content (AvgIpc) is 3.26. The van der Waals surface area contributed by atoms with E-state index in [0.717, 1.165) is 67.4 Å². The molecule has 2 heterocycles. The third kappa shape index (κ3) is 4.41. The molecule has 2 saturated carbocycles. The molecule has 5 rings (SSSR count). The Hall–Kier alpha value is -2.57. The Labute approximate surface area is 201 Å². The lowest BCUT2D eigenvalue weighted by molar-refractivity contribution is -0.144. The van der Waals surface area contributed by atoms with Crippen molar-refractivity contribution in [2.24, 2.45) is 11.8 Å². The van der Waals surface area contributed by atoms with Crippen molar-refractivity contribution in [3.63, 3.8) is 0 Å². The van der Waals surface area contributed by atoms with Crippen molar-refractivity contribution in [3.05, 3.63) is 29.1 Å². The van der Waals surface area contributed by atoms with Crippen molar-refractivity contribution in [3.8, 4) is 0 Å². The van der Waals surface area contributed by atoms with Crippen molar-refractivity contribution < 1.29 is 19.4 Å². The number of carbonyl (C=O) groups is 2. The Kier molecular flexibility index (Phi) is 6.79. The number of amides is 1. The summed E-state index contributed by atoms with van der Waals surface area (Å²) in [5.74, 6) is 0.592. The van der Waals surface area contributed by atoms with E-state index in [-0.39, 0.29) is 17.9 Å². The molecular weight excluding hydrogens is 430 g/mol. The highest BCUT2D eigenvalue weighted by Crippen LogP contribution is 2.38. The lowest BCUT2D eigenvalue weighted by Crippen LogP contribution is -2.35. The first kappa shape index (κ1) is 23.2. The maximum absolute atomic E-state index is 12.4. The van der Waals surface area contributed by atoms with Gasteiger partial charge in [0.1, 0.15) is 5.82 Å². The van der Waals surface area contributed by atoms with Crippen LogP contribution in [0.4, 0.5) is 4.79 Å². The fraction of sp³-hybridized carbons (Fsp3) is 0.667. The summed E-state index contributed by atoms with van der Waals surface area (Å²) in [4.78, 5) is 31.6. The van der Waals surface area contributed by atoms with Gasteiger partial charge in [-0.05, 0) is 49.7 Å². The summed E-state index contributed by atoms with van der Waals surface area (Å²) in [6.45, 7) is 1.62. The van der Waals surface area contributed by atoms with E-state index in [4.69, 9.17) is 9.72 Å². The second kappa shape index (κ2) is 9.96. The lowest BCUT2D eigenvalue weighted by Gasteiger charge is -2.30. The Bertz CT molecular complexity index is 1050. The molecule has 2 aromatic rings. The second-order valence-corrected chi connectivity index (χ2v) is 10.5. The number of fused-ring (bicyclic) bond motifs is 3. The quantitative estimate of drug-likeness (QED) is 0.629. The fourth-order valence-electron chi connectivity index (χ4n) is 6.55. The van der Waals surface area contributed by atoms with Crippen LogP contribution < -0.4 is 0 Å². The number of nitrogens with zero attached hydrogens (tertiary/aromatic N) is 3. The highest BCUT2D eigenvalue weighted by Gasteiger charge is 2.33. The molecule has 0 saturated heterocycles. The van der Waals surface area contributed by atoms with Crippen LogP contribution in [0.15, 0.2) is 12.1 Å². The van der Waals surface area contributed by atoms with Gasteiger partial charge in [-0.25, -0.2) is 9.78 Å². The van der Waals surface area contributed by atoms with Gasteiger partial charge in [0.2, 0.25) is 0 Å². The molecule has 1 amide bonds. The maximum Gasteiger partial charge on any atom is 0.409 e. The van der Waals surface area contributed by atoms with Gasteiger partial charge in [0.15, 0.2) is 0 Å².